The van der Waals surface area contributed by atoms with Crippen LogP contribution in [0.15, 0.2) is 49.1 Å². The van der Waals surface area contributed by atoms with E-state index in [0.29, 0.717) is 23.7 Å². The summed E-state index contributed by atoms with van der Waals surface area (Å²) in [5, 5.41) is 15.1. The van der Waals surface area contributed by atoms with Crippen molar-refractivity contribution in [3.63, 3.8) is 0 Å². The number of H-pyrrole nitrogens is 1. The molecule has 2 fully saturated rings. The first-order chi connectivity index (χ1) is 18.6. The lowest BCUT2D eigenvalue weighted by Crippen LogP contribution is -2.38. The molecule has 7 rings (SSSR count). The molecule has 0 radical (unpaired) electrons. The van der Waals surface area contributed by atoms with Gasteiger partial charge in [-0.2, -0.15) is 5.10 Å². The van der Waals surface area contributed by atoms with Crippen molar-refractivity contribution in [1.29, 1.82) is 0 Å². The molecule has 1 aromatic carbocycles. The van der Waals surface area contributed by atoms with E-state index in [9.17, 15) is 9.59 Å². The molecule has 1 spiro atoms. The highest BCUT2D eigenvalue weighted by atomic mass is 16.1. The van der Waals surface area contributed by atoms with Gasteiger partial charge in [0.15, 0.2) is 5.78 Å². The lowest BCUT2D eigenvalue weighted by atomic mass is 9.74. The summed E-state index contributed by atoms with van der Waals surface area (Å²) >= 11 is 0. The summed E-state index contributed by atoms with van der Waals surface area (Å²) in [5.41, 5.74) is 5.86. The predicted octanol–water partition coefficient (Wildman–Crippen LogP) is 3.81. The van der Waals surface area contributed by atoms with Gasteiger partial charge in [0.1, 0.15) is 5.65 Å². The molecule has 4 aromatic rings. The second-order valence-corrected chi connectivity index (χ2v) is 10.9. The quantitative estimate of drug-likeness (QED) is 0.332. The molecule has 2 saturated heterocycles. The Morgan fingerprint density at radius 1 is 1.03 bits per heavy atom. The van der Waals surface area contributed by atoms with Crippen molar-refractivity contribution in [1.82, 2.24) is 30.4 Å². The molecule has 3 aromatic heterocycles. The van der Waals surface area contributed by atoms with E-state index in [2.05, 4.69) is 37.1 Å². The van der Waals surface area contributed by atoms with Gasteiger partial charge >= 0.3 is 0 Å². The molecule has 0 saturated carbocycles. The molecule has 0 atom stereocenters. The molecular weight excluding hydrogens is 478 g/mol. The van der Waals surface area contributed by atoms with Crippen molar-refractivity contribution < 1.29 is 9.59 Å². The minimum atomic E-state index is -0.218. The van der Waals surface area contributed by atoms with E-state index in [4.69, 9.17) is 0 Å². The molecule has 5 heterocycles. The van der Waals surface area contributed by atoms with Gasteiger partial charge in [0.2, 0.25) is 0 Å². The number of piperidine rings is 2. The predicted molar refractivity (Wildman–Crippen MR) is 146 cm³/mol. The van der Waals surface area contributed by atoms with Crippen molar-refractivity contribution in [3.8, 4) is 11.1 Å². The van der Waals surface area contributed by atoms with Crippen LogP contribution in [0.1, 0.15) is 64.4 Å². The van der Waals surface area contributed by atoms with Crippen LogP contribution in [0.25, 0.3) is 22.2 Å². The van der Waals surface area contributed by atoms with Crippen molar-refractivity contribution in [2.24, 2.45) is 0 Å². The third kappa shape index (κ3) is 3.93. The highest BCUT2D eigenvalue weighted by Crippen LogP contribution is 2.46. The van der Waals surface area contributed by atoms with E-state index in [1.807, 2.05) is 35.3 Å². The number of amides is 1. The lowest BCUT2D eigenvalue weighted by Gasteiger charge is -2.34. The van der Waals surface area contributed by atoms with Crippen molar-refractivity contribution in [3.05, 3.63) is 65.7 Å². The average Bonchev–Trinajstić information content (AvgIpc) is 3.66. The van der Waals surface area contributed by atoms with E-state index in [0.717, 1.165) is 79.6 Å². The van der Waals surface area contributed by atoms with Gasteiger partial charge in [-0.25, -0.2) is 4.98 Å². The van der Waals surface area contributed by atoms with E-state index in [1.165, 1.54) is 5.56 Å². The number of hydrogen-bond acceptors (Lipinski definition) is 6. The fraction of sp³-hybridized carbons (Fsp3) is 0.379. The number of aromatic amines is 1. The van der Waals surface area contributed by atoms with Crippen LogP contribution >= 0.6 is 0 Å². The fourth-order valence-corrected chi connectivity index (χ4v) is 6.49. The van der Waals surface area contributed by atoms with Crippen LogP contribution in [0.2, 0.25) is 0 Å². The number of rotatable bonds is 4. The number of benzene rings is 1. The zero-order valence-corrected chi connectivity index (χ0v) is 21.2. The smallest absolute Gasteiger partial charge is 0.257 e. The van der Waals surface area contributed by atoms with Crippen LogP contribution in [0.4, 0.5) is 5.69 Å². The summed E-state index contributed by atoms with van der Waals surface area (Å²) in [4.78, 5) is 33.8. The van der Waals surface area contributed by atoms with Gasteiger partial charge in [0.25, 0.3) is 5.91 Å². The van der Waals surface area contributed by atoms with Crippen LogP contribution in [-0.2, 0) is 5.41 Å². The van der Waals surface area contributed by atoms with Crippen molar-refractivity contribution in [2.75, 3.05) is 31.5 Å². The van der Waals surface area contributed by atoms with Gasteiger partial charge < -0.3 is 20.9 Å². The summed E-state index contributed by atoms with van der Waals surface area (Å²) in [6, 6.07) is 8.43. The lowest BCUT2D eigenvalue weighted by molar-refractivity contribution is 0.0963. The Kier molecular flexibility index (Phi) is 5.63. The molecule has 9 heteroatoms. The monoisotopic (exact) mass is 509 g/mol. The van der Waals surface area contributed by atoms with E-state index in [-0.39, 0.29) is 17.1 Å². The largest absolute Gasteiger partial charge is 0.346 e. The first kappa shape index (κ1) is 23.3. The van der Waals surface area contributed by atoms with Crippen LogP contribution in [0, 0.1) is 0 Å². The Morgan fingerprint density at radius 3 is 2.68 bits per heavy atom. The van der Waals surface area contributed by atoms with Gasteiger partial charge in [-0.15, -0.1) is 0 Å². The molecule has 3 aliphatic rings. The molecule has 38 heavy (non-hydrogen) atoms. The second kappa shape index (κ2) is 9.18. The highest BCUT2D eigenvalue weighted by molar-refractivity contribution is 6.07. The molecule has 0 bridgehead atoms. The number of nitrogens with one attached hydrogen (secondary N) is 4. The number of anilines is 1. The molecule has 9 nitrogen and oxygen atoms in total. The van der Waals surface area contributed by atoms with Crippen LogP contribution in [0.5, 0.6) is 0 Å². The Balaban J connectivity index is 1.17. The number of nitrogens with zero attached hydrogens (tertiary/aromatic N) is 3. The average molecular weight is 510 g/mol. The highest BCUT2D eigenvalue weighted by Gasteiger charge is 2.43. The second-order valence-electron chi connectivity index (χ2n) is 10.9. The van der Waals surface area contributed by atoms with Gasteiger partial charge in [0, 0.05) is 46.9 Å². The Labute approximate surface area is 220 Å². The van der Waals surface area contributed by atoms with Crippen molar-refractivity contribution in [2.45, 2.75) is 43.6 Å². The number of aromatic nitrogens is 4. The third-order valence-corrected chi connectivity index (χ3v) is 8.60. The van der Waals surface area contributed by atoms with Gasteiger partial charge in [-0.05, 0) is 75.1 Å². The zero-order chi connectivity index (χ0) is 25.7. The fourth-order valence-electron chi connectivity index (χ4n) is 6.49. The first-order valence-corrected chi connectivity index (χ1v) is 13.5. The summed E-state index contributed by atoms with van der Waals surface area (Å²) in [7, 11) is 0. The van der Waals surface area contributed by atoms with Gasteiger partial charge in [-0.3, -0.25) is 14.3 Å². The van der Waals surface area contributed by atoms with Crippen LogP contribution in [-0.4, -0.2) is 57.6 Å². The maximum absolute atomic E-state index is 13.2. The number of fused-ring (bicyclic) bond motifs is 3. The molecule has 0 unspecified atom stereocenters. The molecule has 2 aliphatic heterocycles. The number of carbonyl (C=O) groups is 2. The number of Topliss-reactive ketones (excluding diaryl/α,β-unsaturated/α-hetero) is 1. The summed E-state index contributed by atoms with van der Waals surface area (Å²) in [5.74, 6) is 0.0288. The number of hydrogen-bond donors (Lipinski definition) is 4. The minimum absolute atomic E-state index is 0.0678. The van der Waals surface area contributed by atoms with E-state index in [1.54, 1.807) is 12.4 Å². The topological polar surface area (TPSA) is 117 Å². The zero-order valence-electron chi connectivity index (χ0n) is 21.2. The summed E-state index contributed by atoms with van der Waals surface area (Å²) in [6.45, 7) is 3.83. The Hall–Kier alpha value is -3.82. The molecule has 1 amide bonds. The SMILES string of the molecule is O=C(Nc1cnn(C2CCNCC2)c1)c1cnc2[nH]cc(-c3ccc4c(c3)C3(CCNCC3)CC4=O)c2c1. The van der Waals surface area contributed by atoms with Crippen LogP contribution in [0.3, 0.4) is 0 Å². The molecule has 194 valence electrons. The Morgan fingerprint density at radius 2 is 1.84 bits per heavy atom. The van der Waals surface area contributed by atoms with Gasteiger partial charge in [0.05, 0.1) is 23.5 Å². The summed E-state index contributed by atoms with van der Waals surface area (Å²) in [6.07, 6.45) is 11.8. The maximum atomic E-state index is 13.2. The Bertz CT molecular complexity index is 1540. The number of carbonyl (C=O) groups excluding carboxylic acids is 2. The van der Waals surface area contributed by atoms with E-state index < -0.39 is 0 Å². The first-order valence-electron chi connectivity index (χ1n) is 13.5. The molecule has 1 aliphatic carbocycles. The normalized spacial score (nSPS) is 19.2. The van der Waals surface area contributed by atoms with Gasteiger partial charge in [-0.1, -0.05) is 12.1 Å². The van der Waals surface area contributed by atoms with Crippen LogP contribution < -0.4 is 16.0 Å². The number of pyridine rings is 1. The molecular formula is C29H31N7O2. The molecule has 4 N–H and O–H groups in total. The maximum Gasteiger partial charge on any atom is 0.257 e. The summed E-state index contributed by atoms with van der Waals surface area (Å²) < 4.78 is 1.95. The van der Waals surface area contributed by atoms with E-state index >= 15 is 0 Å². The minimum Gasteiger partial charge on any atom is -0.346 e. The van der Waals surface area contributed by atoms with Crippen molar-refractivity contribution >= 4 is 28.4 Å². The standard InChI is InChI=1S/C29H31N7O2/c37-26-13-29(5-9-31-10-6-29)25-12-18(1-2-22(25)26)24-16-33-27-23(24)11-19(14-32-27)28(38)35-20-15-34-36(17-20)21-3-7-30-8-4-21/h1-2,11-12,14-17,21,30-31H,3-10,13H2,(H,32,33)(H,35,38). The number of ketones is 1. The third-order valence-electron chi connectivity index (χ3n) is 8.60.